The number of methoxy groups -OCH3 is 1. The molecule has 2 aromatic carbocycles. The van der Waals surface area contributed by atoms with Crippen LogP contribution in [0, 0.1) is 0 Å². The maximum Gasteiger partial charge on any atom is 0.328 e. The fourth-order valence-corrected chi connectivity index (χ4v) is 2.27. The minimum absolute atomic E-state index is 0.404. The number of hydrogen-bond donors (Lipinski definition) is 2. The lowest BCUT2D eigenvalue weighted by molar-refractivity contribution is -0.131. The van der Waals surface area contributed by atoms with Gasteiger partial charge in [0.15, 0.2) is 5.58 Å². The van der Waals surface area contributed by atoms with E-state index in [-0.39, 0.29) is 0 Å². The molecule has 0 bridgehead atoms. The van der Waals surface area contributed by atoms with E-state index in [1.54, 1.807) is 25.3 Å². The number of amides is 1. The topological polar surface area (TPSA) is 102 Å². The summed E-state index contributed by atoms with van der Waals surface area (Å²) in [4.78, 5) is 26.5. The third kappa shape index (κ3) is 3.66. The number of carbonyl (C=O) groups excluding carboxylic acids is 1. The van der Waals surface area contributed by atoms with Gasteiger partial charge in [-0.25, -0.2) is 9.78 Å². The maximum atomic E-state index is 11.6. The first-order valence-corrected chi connectivity index (χ1v) is 7.33. The van der Waals surface area contributed by atoms with Crippen molar-refractivity contribution in [3.63, 3.8) is 0 Å². The number of nitrogens with one attached hydrogen (secondary N) is 1. The Bertz CT molecular complexity index is 975. The highest BCUT2D eigenvalue weighted by molar-refractivity contribution is 6.03. The molecule has 25 heavy (non-hydrogen) atoms. The number of carboxylic acids is 1. The number of anilines is 1. The molecule has 3 rings (SSSR count). The highest BCUT2D eigenvalue weighted by Gasteiger charge is 2.13. The molecule has 1 heterocycles. The summed E-state index contributed by atoms with van der Waals surface area (Å²) in [5.41, 5.74) is 2.30. The predicted molar refractivity (Wildman–Crippen MR) is 91.4 cm³/mol. The number of oxazole rings is 1. The number of ether oxygens (including phenoxy) is 1. The van der Waals surface area contributed by atoms with Crippen LogP contribution < -0.4 is 10.1 Å². The summed E-state index contributed by atoms with van der Waals surface area (Å²) in [5.74, 6) is -0.698. The molecule has 2 N–H and O–H groups in total. The number of nitrogens with zero attached hydrogens (tertiary/aromatic N) is 1. The summed E-state index contributed by atoms with van der Waals surface area (Å²) < 4.78 is 11.1. The molecule has 0 atom stereocenters. The van der Waals surface area contributed by atoms with Crippen LogP contribution in [0.3, 0.4) is 0 Å². The van der Waals surface area contributed by atoms with Gasteiger partial charge in [-0.15, -0.1) is 0 Å². The first kappa shape index (κ1) is 16.3. The third-order valence-corrected chi connectivity index (χ3v) is 3.37. The zero-order valence-electron chi connectivity index (χ0n) is 13.2. The molecule has 1 amide bonds. The smallest absolute Gasteiger partial charge is 0.328 e. The van der Waals surface area contributed by atoms with Crippen molar-refractivity contribution in [1.29, 1.82) is 0 Å². The molecule has 7 heteroatoms. The van der Waals surface area contributed by atoms with Crippen molar-refractivity contribution in [2.75, 3.05) is 12.4 Å². The number of hydrogen-bond acceptors (Lipinski definition) is 5. The fraction of sp³-hybridized carbons (Fsp3) is 0.0556. The van der Waals surface area contributed by atoms with Crippen LogP contribution in [0.5, 0.6) is 5.75 Å². The van der Waals surface area contributed by atoms with E-state index in [1.807, 2.05) is 24.3 Å². The molecule has 126 valence electrons. The monoisotopic (exact) mass is 338 g/mol. The van der Waals surface area contributed by atoms with E-state index in [0.29, 0.717) is 28.4 Å². The lowest BCUT2D eigenvalue weighted by Gasteiger charge is -2.03. The second-order valence-corrected chi connectivity index (χ2v) is 5.06. The molecule has 1 aromatic heterocycles. The van der Waals surface area contributed by atoms with Crippen LogP contribution in [0.2, 0.25) is 0 Å². The number of carbonyl (C=O) groups is 2. The standard InChI is InChI=1S/C18H14N2O5/c1-24-14-5-3-2-4-12(14)18-20-13-7-6-11(10-15(13)25-18)19-16(21)8-9-17(22)23/h2-10H,1H3,(H,19,21)(H,22,23)/b9-8+. The minimum Gasteiger partial charge on any atom is -0.496 e. The molecule has 3 aromatic rings. The molecule has 0 saturated carbocycles. The van der Waals surface area contributed by atoms with Gasteiger partial charge in [-0.3, -0.25) is 4.79 Å². The number of aliphatic carboxylic acids is 1. The van der Waals surface area contributed by atoms with Crippen molar-refractivity contribution < 1.29 is 23.8 Å². The van der Waals surface area contributed by atoms with E-state index in [9.17, 15) is 9.59 Å². The molecule has 0 saturated heterocycles. The molecule has 0 aliphatic carbocycles. The first-order chi connectivity index (χ1) is 12.1. The number of rotatable bonds is 5. The van der Waals surface area contributed by atoms with Crippen molar-refractivity contribution in [2.24, 2.45) is 0 Å². The van der Waals surface area contributed by atoms with Crippen LogP contribution in [0.15, 0.2) is 59.0 Å². The Hall–Kier alpha value is -3.61. The molecule has 7 nitrogen and oxygen atoms in total. The SMILES string of the molecule is COc1ccccc1-c1nc2ccc(NC(=O)/C=C/C(=O)O)cc2o1. The highest BCUT2D eigenvalue weighted by atomic mass is 16.5. The maximum absolute atomic E-state index is 11.6. The predicted octanol–water partition coefficient (Wildman–Crippen LogP) is 3.08. The number of para-hydroxylation sites is 1. The lowest BCUT2D eigenvalue weighted by atomic mass is 10.2. The van der Waals surface area contributed by atoms with Gasteiger partial charge in [-0.2, -0.15) is 0 Å². The summed E-state index contributed by atoms with van der Waals surface area (Å²) >= 11 is 0. The average molecular weight is 338 g/mol. The number of fused-ring (bicyclic) bond motifs is 1. The molecule has 0 fully saturated rings. The number of aromatic nitrogens is 1. The van der Waals surface area contributed by atoms with E-state index >= 15 is 0 Å². The normalized spacial score (nSPS) is 10.9. The number of carboxylic acid groups (broad SMARTS) is 1. The Kier molecular flexibility index (Phi) is 4.47. The molecule has 0 aliphatic heterocycles. The first-order valence-electron chi connectivity index (χ1n) is 7.33. The Morgan fingerprint density at radius 1 is 1.20 bits per heavy atom. The second-order valence-electron chi connectivity index (χ2n) is 5.06. The van der Waals surface area contributed by atoms with Crippen molar-refractivity contribution in [2.45, 2.75) is 0 Å². The van der Waals surface area contributed by atoms with Gasteiger partial charge in [0, 0.05) is 23.9 Å². The Morgan fingerprint density at radius 2 is 2.00 bits per heavy atom. The number of benzene rings is 2. The van der Waals surface area contributed by atoms with Crippen LogP contribution in [0.25, 0.3) is 22.6 Å². The van der Waals surface area contributed by atoms with Crippen molar-refractivity contribution in [1.82, 2.24) is 4.98 Å². The molecule has 0 aliphatic rings. The van der Waals surface area contributed by atoms with E-state index < -0.39 is 11.9 Å². The van der Waals surface area contributed by atoms with Gasteiger partial charge in [0.1, 0.15) is 11.3 Å². The molecule has 0 radical (unpaired) electrons. The van der Waals surface area contributed by atoms with Crippen LogP contribution >= 0.6 is 0 Å². The van der Waals surface area contributed by atoms with Crippen LogP contribution in [0.4, 0.5) is 5.69 Å². The second kappa shape index (κ2) is 6.88. The van der Waals surface area contributed by atoms with Crippen LogP contribution in [-0.2, 0) is 9.59 Å². The summed E-state index contributed by atoms with van der Waals surface area (Å²) in [6.07, 6.45) is 1.70. The summed E-state index contributed by atoms with van der Waals surface area (Å²) in [7, 11) is 1.57. The summed E-state index contributed by atoms with van der Waals surface area (Å²) in [6.45, 7) is 0. The van der Waals surface area contributed by atoms with Gasteiger partial charge in [0.2, 0.25) is 11.8 Å². The van der Waals surface area contributed by atoms with Crippen molar-refractivity contribution in [3.05, 3.63) is 54.6 Å². The molecular weight excluding hydrogens is 324 g/mol. The third-order valence-electron chi connectivity index (χ3n) is 3.37. The van der Waals surface area contributed by atoms with Crippen LogP contribution in [0.1, 0.15) is 0 Å². The molecular formula is C18H14N2O5. The van der Waals surface area contributed by atoms with Gasteiger partial charge in [-0.05, 0) is 24.3 Å². The molecule has 0 spiro atoms. The van der Waals surface area contributed by atoms with Gasteiger partial charge in [0.25, 0.3) is 0 Å². The van der Waals surface area contributed by atoms with Crippen LogP contribution in [-0.4, -0.2) is 29.1 Å². The van der Waals surface area contributed by atoms with Gasteiger partial charge < -0.3 is 19.6 Å². The van der Waals surface area contributed by atoms with E-state index in [4.69, 9.17) is 14.3 Å². The highest BCUT2D eigenvalue weighted by Crippen LogP contribution is 2.32. The summed E-state index contributed by atoms with van der Waals surface area (Å²) in [6, 6.07) is 12.3. The quantitative estimate of drug-likeness (QED) is 0.693. The minimum atomic E-state index is -1.19. The van der Waals surface area contributed by atoms with Crippen molar-refractivity contribution in [3.8, 4) is 17.2 Å². The lowest BCUT2D eigenvalue weighted by Crippen LogP contribution is -2.08. The Labute approximate surface area is 142 Å². The average Bonchev–Trinajstić information content (AvgIpc) is 3.03. The largest absolute Gasteiger partial charge is 0.496 e. The Morgan fingerprint density at radius 3 is 2.76 bits per heavy atom. The fourth-order valence-electron chi connectivity index (χ4n) is 2.27. The molecule has 0 unspecified atom stereocenters. The van der Waals surface area contributed by atoms with E-state index in [2.05, 4.69) is 10.3 Å². The van der Waals surface area contributed by atoms with E-state index in [0.717, 1.165) is 17.7 Å². The summed E-state index contributed by atoms with van der Waals surface area (Å²) in [5, 5.41) is 11.1. The Balaban J connectivity index is 1.89. The van der Waals surface area contributed by atoms with E-state index in [1.165, 1.54) is 0 Å². The van der Waals surface area contributed by atoms with Gasteiger partial charge in [0.05, 0.1) is 12.7 Å². The van der Waals surface area contributed by atoms with Gasteiger partial charge in [-0.1, -0.05) is 12.1 Å². The van der Waals surface area contributed by atoms with Gasteiger partial charge >= 0.3 is 5.97 Å². The zero-order chi connectivity index (χ0) is 17.8. The zero-order valence-corrected chi connectivity index (χ0v) is 13.2. The van der Waals surface area contributed by atoms with Crippen molar-refractivity contribution >= 4 is 28.7 Å².